The van der Waals surface area contributed by atoms with Gasteiger partial charge in [-0.2, -0.15) is 0 Å². The Hall–Kier alpha value is -2.05. The molecule has 1 atom stereocenters. The second-order valence-corrected chi connectivity index (χ2v) is 5.43. The standard InChI is InChI=1S/C16H17ClN3O3/c1-11-9-14(15(20(21)22)16(17)19-11)12(2)23-8-4-6-13-5-3-7-18-10-13/h3,5,7,9-10,12H,2,4,6,8H2,1H3. The molecule has 0 bridgehead atoms. The number of halogens is 1. The van der Waals surface area contributed by atoms with E-state index >= 15 is 0 Å². The quantitative estimate of drug-likeness (QED) is 0.332. The molecule has 0 N–H and O–H groups in total. The van der Waals surface area contributed by atoms with Crippen LogP contribution in [0.3, 0.4) is 0 Å². The lowest BCUT2D eigenvalue weighted by molar-refractivity contribution is -0.386. The fourth-order valence-corrected chi connectivity index (χ4v) is 2.53. The Morgan fingerprint density at radius 1 is 1.52 bits per heavy atom. The summed E-state index contributed by atoms with van der Waals surface area (Å²) in [6, 6.07) is 5.46. The van der Waals surface area contributed by atoms with Gasteiger partial charge < -0.3 is 4.74 Å². The van der Waals surface area contributed by atoms with Gasteiger partial charge in [-0.05, 0) is 44.4 Å². The number of nitro groups is 1. The minimum atomic E-state index is -0.677. The number of aromatic nitrogens is 2. The molecule has 0 fully saturated rings. The van der Waals surface area contributed by atoms with Crippen molar-refractivity contribution < 1.29 is 9.66 Å². The van der Waals surface area contributed by atoms with Crippen molar-refractivity contribution in [1.82, 2.24) is 9.97 Å². The van der Waals surface area contributed by atoms with Crippen LogP contribution in [0.25, 0.3) is 0 Å². The first-order valence-corrected chi connectivity index (χ1v) is 7.52. The summed E-state index contributed by atoms with van der Waals surface area (Å²) in [5.41, 5.74) is 1.80. The maximum atomic E-state index is 11.2. The third kappa shape index (κ3) is 4.71. The molecule has 0 aromatic carbocycles. The lowest BCUT2D eigenvalue weighted by atomic mass is 10.1. The number of rotatable bonds is 7. The van der Waals surface area contributed by atoms with Crippen LogP contribution in [-0.2, 0) is 11.2 Å². The second-order valence-electron chi connectivity index (χ2n) is 5.07. The third-order valence-corrected chi connectivity index (χ3v) is 3.55. The molecule has 2 rings (SSSR count). The van der Waals surface area contributed by atoms with E-state index in [0.29, 0.717) is 17.9 Å². The van der Waals surface area contributed by atoms with Crippen LogP contribution in [-0.4, -0.2) is 21.5 Å². The van der Waals surface area contributed by atoms with Crippen LogP contribution < -0.4 is 0 Å². The zero-order valence-corrected chi connectivity index (χ0v) is 13.5. The van der Waals surface area contributed by atoms with Gasteiger partial charge in [0.2, 0.25) is 5.15 Å². The van der Waals surface area contributed by atoms with Gasteiger partial charge in [-0.15, -0.1) is 0 Å². The minimum Gasteiger partial charge on any atom is -0.373 e. The van der Waals surface area contributed by atoms with Gasteiger partial charge in [-0.1, -0.05) is 17.7 Å². The number of ether oxygens (including phenoxy) is 1. The van der Waals surface area contributed by atoms with Crippen molar-refractivity contribution in [2.75, 3.05) is 6.61 Å². The molecule has 0 aliphatic rings. The molecule has 7 heteroatoms. The van der Waals surface area contributed by atoms with E-state index in [1.807, 2.05) is 12.1 Å². The molecule has 6 nitrogen and oxygen atoms in total. The molecule has 1 radical (unpaired) electrons. The van der Waals surface area contributed by atoms with Gasteiger partial charge in [0, 0.05) is 24.7 Å². The van der Waals surface area contributed by atoms with Gasteiger partial charge in [-0.3, -0.25) is 15.1 Å². The van der Waals surface area contributed by atoms with Crippen LogP contribution in [0.5, 0.6) is 0 Å². The smallest absolute Gasteiger partial charge is 0.312 e. The summed E-state index contributed by atoms with van der Waals surface area (Å²) in [5, 5.41) is 11.0. The first-order valence-electron chi connectivity index (χ1n) is 7.14. The van der Waals surface area contributed by atoms with Gasteiger partial charge in [-0.25, -0.2) is 4.98 Å². The van der Waals surface area contributed by atoms with E-state index in [2.05, 4.69) is 16.9 Å². The van der Waals surface area contributed by atoms with Crippen LogP contribution in [0.2, 0.25) is 5.15 Å². The molecule has 0 aliphatic heterocycles. The molecule has 0 saturated heterocycles. The molecule has 2 aromatic heterocycles. The first-order chi connectivity index (χ1) is 11.0. The highest BCUT2D eigenvalue weighted by molar-refractivity contribution is 6.31. The monoisotopic (exact) mass is 334 g/mol. The zero-order valence-electron chi connectivity index (χ0n) is 12.7. The van der Waals surface area contributed by atoms with Crippen molar-refractivity contribution in [2.24, 2.45) is 0 Å². The average molecular weight is 335 g/mol. The Kier molecular flexibility index (Phi) is 6.01. The Labute approximate surface area is 139 Å². The van der Waals surface area contributed by atoms with Gasteiger partial charge in [0.05, 0.1) is 16.6 Å². The highest BCUT2D eigenvalue weighted by Gasteiger charge is 2.25. The van der Waals surface area contributed by atoms with Crippen LogP contribution in [0, 0.1) is 24.0 Å². The van der Waals surface area contributed by atoms with E-state index in [1.165, 1.54) is 0 Å². The number of nitrogens with zero attached hydrogens (tertiary/aromatic N) is 3. The first kappa shape index (κ1) is 17.3. The van der Waals surface area contributed by atoms with Crippen molar-refractivity contribution in [3.63, 3.8) is 0 Å². The molecule has 2 aromatic rings. The van der Waals surface area contributed by atoms with Crippen LogP contribution in [0.15, 0.2) is 30.6 Å². The van der Waals surface area contributed by atoms with Crippen molar-refractivity contribution in [2.45, 2.75) is 25.9 Å². The largest absolute Gasteiger partial charge is 0.373 e. The average Bonchev–Trinajstić information content (AvgIpc) is 2.51. The predicted molar refractivity (Wildman–Crippen MR) is 87.2 cm³/mol. The van der Waals surface area contributed by atoms with Crippen molar-refractivity contribution in [3.05, 3.63) is 69.6 Å². The van der Waals surface area contributed by atoms with Crippen LogP contribution in [0.1, 0.15) is 29.3 Å². The number of pyridine rings is 2. The number of hydrogen-bond donors (Lipinski definition) is 0. The fourth-order valence-electron chi connectivity index (χ4n) is 2.22. The summed E-state index contributed by atoms with van der Waals surface area (Å²) in [6.07, 6.45) is 4.44. The minimum absolute atomic E-state index is 0.141. The summed E-state index contributed by atoms with van der Waals surface area (Å²) < 4.78 is 5.63. The van der Waals surface area contributed by atoms with E-state index in [9.17, 15) is 10.1 Å². The molecule has 23 heavy (non-hydrogen) atoms. The highest BCUT2D eigenvalue weighted by Crippen LogP contribution is 2.33. The Morgan fingerprint density at radius 2 is 2.30 bits per heavy atom. The topological polar surface area (TPSA) is 78.2 Å². The third-order valence-electron chi connectivity index (χ3n) is 3.29. The molecule has 121 valence electrons. The lowest BCUT2D eigenvalue weighted by Crippen LogP contribution is -2.08. The molecule has 0 aliphatic carbocycles. The fraction of sp³-hybridized carbons (Fsp3) is 0.312. The molecule has 2 heterocycles. The molecular formula is C16H17ClN3O3. The predicted octanol–water partition coefficient (Wildman–Crippen LogP) is 3.87. The van der Waals surface area contributed by atoms with Crippen molar-refractivity contribution in [1.29, 1.82) is 0 Å². The van der Waals surface area contributed by atoms with Crippen molar-refractivity contribution >= 4 is 17.3 Å². The van der Waals surface area contributed by atoms with Crippen LogP contribution in [0.4, 0.5) is 5.69 Å². The Balaban J connectivity index is 1.98. The molecule has 1 unspecified atom stereocenters. The zero-order chi connectivity index (χ0) is 16.8. The molecule has 0 spiro atoms. The van der Waals surface area contributed by atoms with E-state index in [0.717, 1.165) is 18.4 Å². The van der Waals surface area contributed by atoms with E-state index in [1.54, 1.807) is 25.4 Å². The highest BCUT2D eigenvalue weighted by atomic mass is 35.5. The summed E-state index contributed by atoms with van der Waals surface area (Å²) in [7, 11) is 0. The van der Waals surface area contributed by atoms with E-state index in [-0.39, 0.29) is 10.8 Å². The van der Waals surface area contributed by atoms with Crippen LogP contribution >= 0.6 is 11.6 Å². The Morgan fingerprint density at radius 3 is 2.96 bits per heavy atom. The van der Waals surface area contributed by atoms with Gasteiger partial charge >= 0.3 is 5.69 Å². The Bertz CT molecular complexity index is 680. The molecule has 0 saturated carbocycles. The SMILES string of the molecule is [CH2]C(OCCCc1cccnc1)c1cc(C)nc(Cl)c1[N+](=O)[O-]. The van der Waals surface area contributed by atoms with Gasteiger partial charge in [0.25, 0.3) is 0 Å². The second kappa shape index (κ2) is 7.99. The number of aryl methyl sites for hydroxylation is 2. The maximum Gasteiger partial charge on any atom is 0.312 e. The normalized spacial score (nSPS) is 12.1. The maximum absolute atomic E-state index is 11.2. The van der Waals surface area contributed by atoms with Crippen molar-refractivity contribution in [3.8, 4) is 0 Å². The van der Waals surface area contributed by atoms with E-state index < -0.39 is 11.0 Å². The summed E-state index contributed by atoms with van der Waals surface area (Å²) in [4.78, 5) is 18.6. The van der Waals surface area contributed by atoms with Gasteiger partial charge in [0.15, 0.2) is 0 Å². The molecule has 0 amide bonds. The number of hydrogen-bond acceptors (Lipinski definition) is 5. The summed E-state index contributed by atoms with van der Waals surface area (Å²) in [6.45, 7) is 6.00. The van der Waals surface area contributed by atoms with Gasteiger partial charge in [0.1, 0.15) is 0 Å². The van der Waals surface area contributed by atoms with E-state index in [4.69, 9.17) is 16.3 Å². The lowest BCUT2D eigenvalue weighted by Gasteiger charge is -2.14. The molecular weight excluding hydrogens is 318 g/mol. The summed E-state index contributed by atoms with van der Waals surface area (Å²) >= 11 is 5.87. The summed E-state index contributed by atoms with van der Waals surface area (Å²) in [5.74, 6) is 0.